The largest absolute Gasteiger partial charge is 0.308 e. The van der Waals surface area contributed by atoms with Crippen molar-refractivity contribution in [2.45, 2.75) is 13.0 Å². The molecule has 0 bridgehead atoms. The molecule has 0 fully saturated rings. The number of nitrogens with zero attached hydrogens (tertiary/aromatic N) is 1. The number of carbonyl (C=O) groups is 1. The Morgan fingerprint density at radius 1 is 1.23 bits per heavy atom. The Morgan fingerprint density at radius 2 is 2.00 bits per heavy atom. The lowest BCUT2D eigenvalue weighted by Gasteiger charge is -2.14. The van der Waals surface area contributed by atoms with Gasteiger partial charge in [0.2, 0.25) is 5.91 Å². The maximum Gasteiger partial charge on any atom is 0.239 e. The number of halogens is 3. The number of benzene rings is 1. The predicted octanol–water partition coefficient (Wildman–Crippen LogP) is 4.33. The van der Waals surface area contributed by atoms with Crippen LogP contribution in [0.5, 0.6) is 0 Å². The number of hydrogen-bond acceptors (Lipinski definition) is 3. The first-order valence-corrected chi connectivity index (χ1v) is 7.69. The van der Waals surface area contributed by atoms with Crippen molar-refractivity contribution < 1.29 is 4.79 Å². The van der Waals surface area contributed by atoms with Gasteiger partial charge < -0.3 is 10.6 Å². The van der Waals surface area contributed by atoms with E-state index >= 15 is 0 Å². The van der Waals surface area contributed by atoms with Gasteiger partial charge in [0.15, 0.2) is 5.82 Å². The normalized spacial score (nSPS) is 12.0. The van der Waals surface area contributed by atoms with Crippen LogP contribution in [0, 0.1) is 0 Å². The van der Waals surface area contributed by atoms with E-state index in [0.29, 0.717) is 15.1 Å². The van der Waals surface area contributed by atoms with Crippen molar-refractivity contribution in [2.24, 2.45) is 0 Å². The third kappa shape index (κ3) is 4.85. The van der Waals surface area contributed by atoms with Crippen LogP contribution in [0.15, 0.2) is 36.5 Å². The van der Waals surface area contributed by atoms with Crippen LogP contribution in [0.25, 0.3) is 0 Å². The molecule has 1 aromatic heterocycles. The van der Waals surface area contributed by atoms with E-state index < -0.39 is 0 Å². The molecular weight excluding hydrogens is 345 g/mol. The smallest absolute Gasteiger partial charge is 0.239 e. The molecule has 4 nitrogen and oxygen atoms in total. The van der Waals surface area contributed by atoms with Crippen LogP contribution < -0.4 is 10.6 Å². The molecule has 1 aromatic carbocycles. The fourth-order valence-corrected chi connectivity index (χ4v) is 2.45. The maximum absolute atomic E-state index is 11.9. The van der Waals surface area contributed by atoms with E-state index in [4.69, 9.17) is 34.8 Å². The minimum absolute atomic E-state index is 0.0156. The lowest BCUT2D eigenvalue weighted by molar-refractivity contribution is -0.115. The molecule has 1 heterocycles. The van der Waals surface area contributed by atoms with Crippen molar-refractivity contribution in [3.8, 4) is 0 Å². The molecule has 116 valence electrons. The second kappa shape index (κ2) is 7.79. The summed E-state index contributed by atoms with van der Waals surface area (Å²) in [4.78, 5) is 15.9. The molecule has 7 heteroatoms. The van der Waals surface area contributed by atoms with Crippen molar-refractivity contribution in [1.29, 1.82) is 0 Å². The van der Waals surface area contributed by atoms with Crippen LogP contribution in [-0.2, 0) is 4.79 Å². The number of carbonyl (C=O) groups excluding carboxylic acids is 1. The molecule has 22 heavy (non-hydrogen) atoms. The number of pyridine rings is 1. The van der Waals surface area contributed by atoms with Gasteiger partial charge in [0.1, 0.15) is 0 Å². The highest BCUT2D eigenvalue weighted by Gasteiger charge is 2.10. The van der Waals surface area contributed by atoms with Gasteiger partial charge in [0.25, 0.3) is 0 Å². The van der Waals surface area contributed by atoms with Crippen molar-refractivity contribution >= 4 is 46.5 Å². The Labute approximate surface area is 143 Å². The fourth-order valence-electron chi connectivity index (χ4n) is 1.82. The lowest BCUT2D eigenvalue weighted by Crippen LogP contribution is -2.30. The second-order valence-electron chi connectivity index (χ2n) is 4.69. The Kier molecular flexibility index (Phi) is 6.03. The molecule has 1 atom stereocenters. The van der Waals surface area contributed by atoms with Gasteiger partial charge in [0.05, 0.1) is 16.6 Å². The maximum atomic E-state index is 11.9. The Morgan fingerprint density at radius 3 is 2.68 bits per heavy atom. The topological polar surface area (TPSA) is 54.0 Å². The van der Waals surface area contributed by atoms with Crippen LogP contribution in [0.1, 0.15) is 18.5 Å². The van der Waals surface area contributed by atoms with Gasteiger partial charge in [0, 0.05) is 17.3 Å². The molecule has 0 aliphatic rings. The molecule has 0 aliphatic carbocycles. The van der Waals surface area contributed by atoms with E-state index in [2.05, 4.69) is 15.6 Å². The first-order chi connectivity index (χ1) is 10.5. The average Bonchev–Trinajstić information content (AvgIpc) is 2.47. The second-order valence-corrected chi connectivity index (χ2v) is 5.97. The summed E-state index contributed by atoms with van der Waals surface area (Å²) >= 11 is 17.7. The SMILES string of the molecule is C[C@@H](NCC(=O)Nc1ncc(Cl)cc1Cl)c1cccc(Cl)c1. The Hall–Kier alpha value is -1.33. The van der Waals surface area contributed by atoms with Crippen molar-refractivity contribution in [2.75, 3.05) is 11.9 Å². The molecule has 0 saturated heterocycles. The Balaban J connectivity index is 1.90. The zero-order valence-corrected chi connectivity index (χ0v) is 14.0. The highest BCUT2D eigenvalue weighted by molar-refractivity contribution is 6.36. The third-order valence-corrected chi connectivity index (χ3v) is 3.71. The first kappa shape index (κ1) is 17.0. The molecule has 2 aromatic rings. The van der Waals surface area contributed by atoms with Crippen molar-refractivity contribution in [1.82, 2.24) is 10.3 Å². The van der Waals surface area contributed by atoms with Crippen LogP contribution in [0.2, 0.25) is 15.1 Å². The van der Waals surface area contributed by atoms with E-state index in [9.17, 15) is 4.79 Å². The van der Waals surface area contributed by atoms with Gasteiger partial charge >= 0.3 is 0 Å². The van der Waals surface area contributed by atoms with Gasteiger partial charge in [-0.3, -0.25) is 4.79 Å². The molecule has 0 spiro atoms. The van der Waals surface area contributed by atoms with E-state index in [-0.39, 0.29) is 24.3 Å². The molecule has 0 saturated carbocycles. The number of nitrogens with one attached hydrogen (secondary N) is 2. The van der Waals surface area contributed by atoms with Crippen molar-refractivity contribution in [3.63, 3.8) is 0 Å². The number of rotatable bonds is 5. The van der Waals surface area contributed by atoms with Crippen LogP contribution >= 0.6 is 34.8 Å². The summed E-state index contributed by atoms with van der Waals surface area (Å²) in [5.41, 5.74) is 1.00. The van der Waals surface area contributed by atoms with Gasteiger partial charge in [-0.15, -0.1) is 0 Å². The van der Waals surface area contributed by atoms with E-state index in [1.807, 2.05) is 25.1 Å². The predicted molar refractivity (Wildman–Crippen MR) is 90.8 cm³/mol. The molecule has 2 rings (SSSR count). The summed E-state index contributed by atoms with van der Waals surface area (Å²) in [5, 5.41) is 7.10. The molecular formula is C15H14Cl3N3O. The van der Waals surface area contributed by atoms with E-state index in [1.54, 1.807) is 6.07 Å². The zero-order valence-electron chi connectivity index (χ0n) is 11.7. The molecule has 1 amide bonds. The monoisotopic (exact) mass is 357 g/mol. The summed E-state index contributed by atoms with van der Waals surface area (Å²) in [6, 6.07) is 8.98. The summed E-state index contributed by atoms with van der Waals surface area (Å²) in [7, 11) is 0. The van der Waals surface area contributed by atoms with Gasteiger partial charge in [-0.25, -0.2) is 4.98 Å². The average molecular weight is 359 g/mol. The van der Waals surface area contributed by atoms with Gasteiger partial charge in [-0.1, -0.05) is 46.9 Å². The lowest BCUT2D eigenvalue weighted by atomic mass is 10.1. The minimum atomic E-state index is -0.245. The highest BCUT2D eigenvalue weighted by Crippen LogP contribution is 2.22. The quantitative estimate of drug-likeness (QED) is 0.836. The van der Waals surface area contributed by atoms with Crippen LogP contribution in [0.4, 0.5) is 5.82 Å². The van der Waals surface area contributed by atoms with Gasteiger partial charge in [-0.2, -0.15) is 0 Å². The Bertz CT molecular complexity index is 679. The number of anilines is 1. The summed E-state index contributed by atoms with van der Waals surface area (Å²) in [6.07, 6.45) is 1.42. The summed E-state index contributed by atoms with van der Waals surface area (Å²) in [6.45, 7) is 2.07. The minimum Gasteiger partial charge on any atom is -0.308 e. The fraction of sp³-hybridized carbons (Fsp3) is 0.200. The highest BCUT2D eigenvalue weighted by atomic mass is 35.5. The third-order valence-electron chi connectivity index (χ3n) is 2.98. The van der Waals surface area contributed by atoms with E-state index in [0.717, 1.165) is 5.56 Å². The standard InChI is InChI=1S/C15H14Cl3N3O/c1-9(10-3-2-4-11(16)5-10)19-8-14(22)21-15-13(18)6-12(17)7-20-15/h2-7,9,19H,8H2,1H3,(H,20,21,22)/t9-/m1/s1. The molecule has 0 unspecified atom stereocenters. The van der Waals surface area contributed by atoms with E-state index in [1.165, 1.54) is 12.3 Å². The summed E-state index contributed by atoms with van der Waals surface area (Å²) in [5.74, 6) is 0.0406. The van der Waals surface area contributed by atoms with Gasteiger partial charge in [-0.05, 0) is 30.7 Å². The zero-order chi connectivity index (χ0) is 16.1. The number of aromatic nitrogens is 1. The van der Waals surface area contributed by atoms with Crippen LogP contribution in [0.3, 0.4) is 0 Å². The molecule has 2 N–H and O–H groups in total. The number of hydrogen-bond donors (Lipinski definition) is 2. The first-order valence-electron chi connectivity index (χ1n) is 6.55. The number of amides is 1. The van der Waals surface area contributed by atoms with Crippen molar-refractivity contribution in [3.05, 3.63) is 57.2 Å². The molecule has 0 radical (unpaired) electrons. The summed E-state index contributed by atoms with van der Waals surface area (Å²) < 4.78 is 0. The van der Waals surface area contributed by atoms with Crippen LogP contribution in [-0.4, -0.2) is 17.4 Å². The molecule has 0 aliphatic heterocycles.